The maximum Gasteiger partial charge on any atom is 0.252 e. The zero-order chi connectivity index (χ0) is 18.7. The van der Waals surface area contributed by atoms with Crippen LogP contribution in [0.15, 0.2) is 46.7 Å². The van der Waals surface area contributed by atoms with E-state index >= 15 is 0 Å². The van der Waals surface area contributed by atoms with E-state index in [-0.39, 0.29) is 16.2 Å². The fourth-order valence-electron chi connectivity index (χ4n) is 2.83. The molecule has 2 heterocycles. The summed E-state index contributed by atoms with van der Waals surface area (Å²) in [4.78, 5) is 14.4. The third-order valence-corrected chi connectivity index (χ3v) is 7.98. The topological polar surface area (TPSA) is 69.7 Å². The number of anilines is 1. The predicted molar refractivity (Wildman–Crippen MR) is 104 cm³/mol. The molecule has 0 radical (unpaired) electrons. The smallest absolute Gasteiger partial charge is 0.252 e. The van der Waals surface area contributed by atoms with Gasteiger partial charge in [0.25, 0.3) is 10.0 Å². The van der Waals surface area contributed by atoms with E-state index in [2.05, 4.69) is 5.32 Å². The first-order chi connectivity index (χ1) is 12.4. The molecule has 3 rings (SSSR count). The first-order valence-corrected chi connectivity index (χ1v) is 10.9. The summed E-state index contributed by atoms with van der Waals surface area (Å²) in [6.07, 6.45) is 0. The van der Waals surface area contributed by atoms with Crippen molar-refractivity contribution in [2.75, 3.05) is 31.5 Å². The molecule has 1 aliphatic rings. The number of piperazine rings is 1. The summed E-state index contributed by atoms with van der Waals surface area (Å²) >= 11 is 6.91. The maximum absolute atomic E-state index is 12.6. The van der Waals surface area contributed by atoms with Crippen molar-refractivity contribution in [3.8, 4) is 0 Å². The van der Waals surface area contributed by atoms with Crippen LogP contribution in [0.5, 0.6) is 0 Å². The van der Waals surface area contributed by atoms with Crippen molar-refractivity contribution in [1.29, 1.82) is 0 Å². The first-order valence-electron chi connectivity index (χ1n) is 8.23. The highest BCUT2D eigenvalue weighted by molar-refractivity contribution is 7.91. The average molecular weight is 414 g/mol. The average Bonchev–Trinajstić information content (AvgIpc) is 3.09. The van der Waals surface area contributed by atoms with Crippen molar-refractivity contribution in [3.05, 3.63) is 46.8 Å². The molecule has 1 amide bonds. The number of benzene rings is 1. The van der Waals surface area contributed by atoms with Gasteiger partial charge in [0.05, 0.1) is 10.4 Å². The Bertz CT molecular complexity index is 862. The number of sulfonamides is 1. The number of thiophene rings is 1. The lowest BCUT2D eigenvalue weighted by Gasteiger charge is -2.36. The van der Waals surface area contributed by atoms with Gasteiger partial charge in [0.15, 0.2) is 0 Å². The molecule has 6 nitrogen and oxygen atoms in total. The summed E-state index contributed by atoms with van der Waals surface area (Å²) in [7, 11) is -3.52. The largest absolute Gasteiger partial charge is 0.325 e. The van der Waals surface area contributed by atoms with E-state index in [4.69, 9.17) is 11.6 Å². The molecule has 26 heavy (non-hydrogen) atoms. The van der Waals surface area contributed by atoms with Crippen molar-refractivity contribution in [2.45, 2.75) is 17.2 Å². The number of amides is 1. The molecule has 0 aliphatic carbocycles. The van der Waals surface area contributed by atoms with Gasteiger partial charge in [-0.2, -0.15) is 4.31 Å². The number of carbonyl (C=O) groups is 1. The number of para-hydroxylation sites is 1. The molecule has 1 atom stereocenters. The van der Waals surface area contributed by atoms with Crippen molar-refractivity contribution < 1.29 is 13.2 Å². The van der Waals surface area contributed by atoms with E-state index in [0.29, 0.717) is 30.5 Å². The van der Waals surface area contributed by atoms with E-state index in [1.54, 1.807) is 6.07 Å². The quantitative estimate of drug-likeness (QED) is 0.818. The second-order valence-electron chi connectivity index (χ2n) is 6.03. The molecule has 0 spiro atoms. The first kappa shape index (κ1) is 19.3. The highest BCUT2D eigenvalue weighted by Crippen LogP contribution is 2.28. The van der Waals surface area contributed by atoms with Gasteiger partial charge in [0.1, 0.15) is 4.21 Å². The maximum atomic E-state index is 12.6. The molecule has 0 bridgehead atoms. The van der Waals surface area contributed by atoms with Crippen LogP contribution in [-0.4, -0.2) is 55.8 Å². The number of rotatable bonds is 5. The minimum absolute atomic E-state index is 0.0995. The van der Waals surface area contributed by atoms with Crippen molar-refractivity contribution in [3.63, 3.8) is 0 Å². The summed E-state index contributed by atoms with van der Waals surface area (Å²) in [5, 5.41) is 2.88. The molecule has 2 aromatic rings. The third-order valence-electron chi connectivity index (χ3n) is 4.38. The Morgan fingerprint density at radius 1 is 1.12 bits per heavy atom. The van der Waals surface area contributed by atoms with E-state index in [9.17, 15) is 13.2 Å². The number of hydrogen-bond donors (Lipinski definition) is 1. The van der Waals surface area contributed by atoms with Crippen molar-refractivity contribution >= 4 is 44.6 Å². The molecule has 1 saturated heterocycles. The lowest BCUT2D eigenvalue weighted by atomic mass is 10.2. The Labute approximate surface area is 162 Å². The third kappa shape index (κ3) is 4.27. The number of nitrogens with zero attached hydrogens (tertiary/aromatic N) is 2. The molecule has 1 fully saturated rings. The number of halogens is 1. The molecule has 1 aromatic carbocycles. The Hall–Kier alpha value is -1.45. The molecule has 1 aromatic heterocycles. The zero-order valence-electron chi connectivity index (χ0n) is 14.3. The lowest BCUT2D eigenvalue weighted by molar-refractivity contribution is -0.121. The Morgan fingerprint density at radius 3 is 2.35 bits per heavy atom. The van der Waals surface area contributed by atoms with Gasteiger partial charge in [-0.1, -0.05) is 29.8 Å². The second kappa shape index (κ2) is 8.06. The van der Waals surface area contributed by atoms with Crippen molar-refractivity contribution in [1.82, 2.24) is 9.21 Å². The van der Waals surface area contributed by atoms with Gasteiger partial charge in [0, 0.05) is 31.9 Å². The summed E-state index contributed by atoms with van der Waals surface area (Å²) in [6, 6.07) is 12.1. The minimum Gasteiger partial charge on any atom is -0.325 e. The molecule has 9 heteroatoms. The van der Waals surface area contributed by atoms with Crippen LogP contribution in [0.1, 0.15) is 6.92 Å². The van der Waals surface area contributed by atoms with Gasteiger partial charge in [-0.3, -0.25) is 9.69 Å². The summed E-state index contributed by atoms with van der Waals surface area (Å²) in [5.41, 5.74) is 0.750. The minimum atomic E-state index is -3.52. The normalized spacial score (nSPS) is 17.8. The standard InChI is InChI=1S/C17H20ClN3O3S2/c1-13(17(22)19-14-5-3-2-4-6-14)20-9-11-21(12-10-20)26(23,24)16-8-7-15(18)25-16/h2-8,13H,9-12H2,1H3,(H,19,22)/t13-/m0/s1. The van der Waals surface area contributed by atoms with E-state index in [1.807, 2.05) is 42.2 Å². The SMILES string of the molecule is C[C@@H](C(=O)Nc1ccccc1)N1CCN(S(=O)(=O)c2ccc(Cl)s2)CC1. The van der Waals surface area contributed by atoms with Crippen LogP contribution in [0.25, 0.3) is 0 Å². The fourth-order valence-corrected chi connectivity index (χ4v) is 5.89. The van der Waals surface area contributed by atoms with Crippen LogP contribution in [0, 0.1) is 0 Å². The number of nitrogens with one attached hydrogen (secondary N) is 1. The summed E-state index contributed by atoms with van der Waals surface area (Å²) in [6.45, 7) is 3.53. The highest BCUT2D eigenvalue weighted by atomic mass is 35.5. The summed E-state index contributed by atoms with van der Waals surface area (Å²) in [5.74, 6) is -0.0995. The van der Waals surface area contributed by atoms with Crippen LogP contribution < -0.4 is 5.32 Å². The molecule has 0 saturated carbocycles. The second-order valence-corrected chi connectivity index (χ2v) is 9.91. The molecule has 0 unspecified atom stereocenters. The lowest BCUT2D eigenvalue weighted by Crippen LogP contribution is -2.53. The number of carbonyl (C=O) groups excluding carboxylic acids is 1. The van der Waals surface area contributed by atoms with Crippen LogP contribution in [0.2, 0.25) is 4.34 Å². The van der Waals surface area contributed by atoms with Gasteiger partial charge in [-0.15, -0.1) is 11.3 Å². The number of hydrogen-bond acceptors (Lipinski definition) is 5. The Balaban J connectivity index is 1.58. The van der Waals surface area contributed by atoms with Gasteiger partial charge in [-0.25, -0.2) is 8.42 Å². The molecular weight excluding hydrogens is 394 g/mol. The van der Waals surface area contributed by atoms with Gasteiger partial charge in [-0.05, 0) is 31.2 Å². The monoisotopic (exact) mass is 413 g/mol. The molecule has 1 aliphatic heterocycles. The summed E-state index contributed by atoms with van der Waals surface area (Å²) < 4.78 is 27.4. The van der Waals surface area contributed by atoms with Crippen LogP contribution >= 0.6 is 22.9 Å². The van der Waals surface area contributed by atoms with Gasteiger partial charge >= 0.3 is 0 Å². The van der Waals surface area contributed by atoms with Crippen LogP contribution in [0.3, 0.4) is 0 Å². The van der Waals surface area contributed by atoms with E-state index in [0.717, 1.165) is 17.0 Å². The Kier molecular flexibility index (Phi) is 5.99. The fraction of sp³-hybridized carbons (Fsp3) is 0.353. The predicted octanol–water partition coefficient (Wildman–Crippen LogP) is 2.74. The zero-order valence-corrected chi connectivity index (χ0v) is 16.6. The van der Waals surface area contributed by atoms with Crippen LogP contribution in [-0.2, 0) is 14.8 Å². The van der Waals surface area contributed by atoms with Crippen molar-refractivity contribution in [2.24, 2.45) is 0 Å². The van der Waals surface area contributed by atoms with Crippen LogP contribution in [0.4, 0.5) is 5.69 Å². The molecular formula is C17H20ClN3O3S2. The molecule has 1 N–H and O–H groups in total. The van der Waals surface area contributed by atoms with E-state index in [1.165, 1.54) is 10.4 Å². The molecule has 140 valence electrons. The Morgan fingerprint density at radius 2 is 1.77 bits per heavy atom. The van der Waals surface area contributed by atoms with Gasteiger partial charge < -0.3 is 5.32 Å². The van der Waals surface area contributed by atoms with Gasteiger partial charge in [0.2, 0.25) is 5.91 Å². The van der Waals surface area contributed by atoms with E-state index < -0.39 is 10.0 Å². The highest BCUT2D eigenvalue weighted by Gasteiger charge is 2.32.